The lowest BCUT2D eigenvalue weighted by Crippen LogP contribution is -2.65. The summed E-state index contributed by atoms with van der Waals surface area (Å²) in [6.45, 7) is 3.51. The summed E-state index contributed by atoms with van der Waals surface area (Å²) >= 11 is 0. The van der Waals surface area contributed by atoms with E-state index in [4.69, 9.17) is 0 Å². The molecule has 0 unspecified atom stereocenters. The molecule has 1 aromatic carbocycles. The van der Waals surface area contributed by atoms with Crippen LogP contribution >= 0.6 is 0 Å². The zero-order valence-electron chi connectivity index (χ0n) is 12.9. The van der Waals surface area contributed by atoms with Crippen LogP contribution in [-0.4, -0.2) is 44.0 Å². The zero-order valence-corrected chi connectivity index (χ0v) is 13.7. The van der Waals surface area contributed by atoms with Crippen LogP contribution < -0.4 is 4.90 Å². The van der Waals surface area contributed by atoms with Gasteiger partial charge in [0.05, 0.1) is 11.2 Å². The Bertz CT molecular complexity index is 649. The summed E-state index contributed by atoms with van der Waals surface area (Å²) in [6.07, 6.45) is 1.90. The predicted molar refractivity (Wildman–Crippen MR) is 86.1 cm³/mol. The molecular weight excluding hydrogens is 300 g/mol. The highest BCUT2D eigenvalue weighted by Gasteiger charge is 2.54. The molecule has 0 aliphatic carbocycles. The van der Waals surface area contributed by atoms with Gasteiger partial charge in [0.2, 0.25) is 15.9 Å². The maximum Gasteiger partial charge on any atom is 0.235 e. The highest BCUT2D eigenvalue weighted by Crippen LogP contribution is 2.44. The monoisotopic (exact) mass is 322 g/mol. The van der Waals surface area contributed by atoms with Crippen LogP contribution in [0.4, 0.5) is 5.69 Å². The number of carbonyl (C=O) groups is 1. The minimum Gasteiger partial charge on any atom is -0.311 e. The standard InChI is InChI=1S/C16H22N2O3S/c1-2-12-22(20,21)17-10-8-16(9-11-17)13-18(15(16)19)14-6-4-3-5-7-14/h3-7H,2,8-13H2,1H3. The second kappa shape index (κ2) is 5.66. The van der Waals surface area contributed by atoms with Crippen LogP contribution in [-0.2, 0) is 14.8 Å². The maximum atomic E-state index is 12.6. The lowest BCUT2D eigenvalue weighted by atomic mass is 9.71. The third kappa shape index (κ3) is 2.54. The Morgan fingerprint density at radius 1 is 1.14 bits per heavy atom. The van der Waals surface area contributed by atoms with Crippen molar-refractivity contribution in [2.75, 3.05) is 30.3 Å². The number of hydrogen-bond donors (Lipinski definition) is 0. The first-order valence-electron chi connectivity index (χ1n) is 7.83. The summed E-state index contributed by atoms with van der Waals surface area (Å²) in [5.41, 5.74) is 0.591. The van der Waals surface area contributed by atoms with Gasteiger partial charge in [-0.2, -0.15) is 0 Å². The Kier molecular flexibility index (Phi) is 3.99. The Morgan fingerprint density at radius 3 is 2.32 bits per heavy atom. The Hall–Kier alpha value is -1.40. The van der Waals surface area contributed by atoms with Crippen molar-refractivity contribution >= 4 is 21.6 Å². The lowest BCUT2D eigenvalue weighted by Gasteiger charge is -2.52. The fraction of sp³-hybridized carbons (Fsp3) is 0.562. The fourth-order valence-corrected chi connectivity index (χ4v) is 4.92. The Labute approximate surface area is 132 Å². The molecule has 2 heterocycles. The first-order chi connectivity index (χ1) is 10.5. The van der Waals surface area contributed by atoms with Crippen LogP contribution in [0.15, 0.2) is 30.3 Å². The maximum absolute atomic E-state index is 12.6. The highest BCUT2D eigenvalue weighted by molar-refractivity contribution is 7.89. The SMILES string of the molecule is CCCS(=O)(=O)N1CCC2(CC1)CN(c1ccccc1)C2=O. The molecule has 2 fully saturated rings. The second-order valence-electron chi connectivity index (χ2n) is 6.22. The van der Waals surface area contributed by atoms with Crippen LogP contribution in [0.3, 0.4) is 0 Å². The molecule has 6 heteroatoms. The molecule has 5 nitrogen and oxygen atoms in total. The van der Waals surface area contributed by atoms with Crippen molar-refractivity contribution in [1.82, 2.24) is 4.31 Å². The highest BCUT2D eigenvalue weighted by atomic mass is 32.2. The van der Waals surface area contributed by atoms with E-state index in [0.29, 0.717) is 38.9 Å². The predicted octanol–water partition coefficient (Wildman–Crippen LogP) is 1.86. The molecule has 0 saturated carbocycles. The van der Waals surface area contributed by atoms with Crippen molar-refractivity contribution in [3.63, 3.8) is 0 Å². The van der Waals surface area contributed by atoms with E-state index in [1.165, 1.54) is 0 Å². The number of carbonyl (C=O) groups excluding carboxylic acids is 1. The van der Waals surface area contributed by atoms with E-state index >= 15 is 0 Å². The summed E-state index contributed by atoms with van der Waals surface area (Å²) in [5, 5.41) is 0. The Morgan fingerprint density at radius 2 is 1.77 bits per heavy atom. The van der Waals surface area contributed by atoms with Crippen molar-refractivity contribution in [2.45, 2.75) is 26.2 Å². The van der Waals surface area contributed by atoms with Gasteiger partial charge in [-0.1, -0.05) is 25.1 Å². The van der Waals surface area contributed by atoms with Crippen LogP contribution in [0.2, 0.25) is 0 Å². The first-order valence-corrected chi connectivity index (χ1v) is 9.44. The topological polar surface area (TPSA) is 57.7 Å². The number of rotatable bonds is 4. The molecule has 1 spiro atoms. The normalized spacial score (nSPS) is 21.9. The minimum atomic E-state index is -3.14. The summed E-state index contributed by atoms with van der Waals surface area (Å²) < 4.78 is 25.8. The van der Waals surface area contributed by atoms with Crippen LogP contribution in [0.5, 0.6) is 0 Å². The molecule has 2 aliphatic heterocycles. The first kappa shape index (κ1) is 15.5. The van der Waals surface area contributed by atoms with Crippen LogP contribution in [0.25, 0.3) is 0 Å². The average Bonchev–Trinajstić information content (AvgIpc) is 2.53. The van der Waals surface area contributed by atoms with Crippen LogP contribution in [0, 0.1) is 5.41 Å². The summed E-state index contributed by atoms with van der Waals surface area (Å²) in [6, 6.07) is 9.65. The van der Waals surface area contributed by atoms with Crippen molar-refractivity contribution in [3.8, 4) is 0 Å². The van der Waals surface area contributed by atoms with Gasteiger partial charge in [0.25, 0.3) is 0 Å². The van der Waals surface area contributed by atoms with Gasteiger partial charge in [-0.15, -0.1) is 0 Å². The number of β-lactam (4-membered cyclic amide) rings is 1. The molecule has 120 valence electrons. The number of benzene rings is 1. The molecule has 3 rings (SSSR count). The summed E-state index contributed by atoms with van der Waals surface area (Å²) in [4.78, 5) is 14.4. The molecule has 2 saturated heterocycles. The average molecular weight is 322 g/mol. The number of sulfonamides is 1. The van der Waals surface area contributed by atoms with E-state index in [1.807, 2.05) is 37.3 Å². The molecule has 0 atom stereocenters. The van der Waals surface area contributed by atoms with Crippen molar-refractivity contribution in [3.05, 3.63) is 30.3 Å². The number of para-hydroxylation sites is 1. The molecule has 0 radical (unpaired) electrons. The Balaban J connectivity index is 1.64. The minimum absolute atomic E-state index is 0.145. The van der Waals surface area contributed by atoms with Gasteiger partial charge < -0.3 is 4.90 Å². The number of nitrogens with zero attached hydrogens (tertiary/aromatic N) is 2. The van der Waals surface area contributed by atoms with E-state index in [-0.39, 0.29) is 17.1 Å². The summed E-state index contributed by atoms with van der Waals surface area (Å²) in [5.74, 6) is 0.343. The fourth-order valence-electron chi connectivity index (χ4n) is 3.41. The second-order valence-corrected chi connectivity index (χ2v) is 8.31. The molecular formula is C16H22N2O3S. The third-order valence-electron chi connectivity index (χ3n) is 4.76. The van der Waals surface area contributed by atoms with Gasteiger partial charge in [0, 0.05) is 25.3 Å². The van der Waals surface area contributed by atoms with E-state index in [9.17, 15) is 13.2 Å². The number of anilines is 1. The smallest absolute Gasteiger partial charge is 0.235 e. The van der Waals surface area contributed by atoms with E-state index < -0.39 is 10.0 Å². The number of amides is 1. The van der Waals surface area contributed by atoms with Gasteiger partial charge >= 0.3 is 0 Å². The van der Waals surface area contributed by atoms with Crippen LogP contribution in [0.1, 0.15) is 26.2 Å². The molecule has 0 bridgehead atoms. The largest absolute Gasteiger partial charge is 0.311 e. The number of piperidine rings is 1. The van der Waals surface area contributed by atoms with Gasteiger partial charge in [-0.3, -0.25) is 4.79 Å². The van der Waals surface area contributed by atoms with Gasteiger partial charge in [0.15, 0.2) is 0 Å². The molecule has 0 aromatic heterocycles. The number of hydrogen-bond acceptors (Lipinski definition) is 3. The van der Waals surface area contributed by atoms with Gasteiger partial charge in [-0.25, -0.2) is 12.7 Å². The van der Waals surface area contributed by atoms with Crippen molar-refractivity contribution in [2.24, 2.45) is 5.41 Å². The van der Waals surface area contributed by atoms with E-state index in [2.05, 4.69) is 0 Å². The van der Waals surface area contributed by atoms with Crippen molar-refractivity contribution < 1.29 is 13.2 Å². The molecule has 2 aliphatic rings. The van der Waals surface area contributed by atoms with Gasteiger partial charge in [-0.05, 0) is 31.4 Å². The molecule has 1 aromatic rings. The van der Waals surface area contributed by atoms with E-state index in [0.717, 1.165) is 5.69 Å². The van der Waals surface area contributed by atoms with Gasteiger partial charge in [0.1, 0.15) is 0 Å². The molecule has 1 amide bonds. The van der Waals surface area contributed by atoms with E-state index in [1.54, 1.807) is 9.21 Å². The quantitative estimate of drug-likeness (QED) is 0.795. The lowest BCUT2D eigenvalue weighted by molar-refractivity contribution is -0.137. The molecule has 22 heavy (non-hydrogen) atoms. The molecule has 0 N–H and O–H groups in total. The van der Waals surface area contributed by atoms with Crippen molar-refractivity contribution in [1.29, 1.82) is 0 Å². The summed E-state index contributed by atoms with van der Waals surface area (Å²) in [7, 11) is -3.14. The third-order valence-corrected chi connectivity index (χ3v) is 6.84. The zero-order chi connectivity index (χ0) is 15.8.